The first kappa shape index (κ1) is 14.6. The van der Waals surface area contributed by atoms with Crippen LogP contribution in [0.3, 0.4) is 0 Å². The van der Waals surface area contributed by atoms with Gasteiger partial charge >= 0.3 is 0 Å². The summed E-state index contributed by atoms with van der Waals surface area (Å²) in [5.41, 5.74) is 1.84. The number of hydrogen-bond donors (Lipinski definition) is 0. The molecule has 0 aromatic heterocycles. The Kier molecular flexibility index (Phi) is 9.24. The Bertz CT molecular complexity index is 261. The van der Waals surface area contributed by atoms with Gasteiger partial charge in [-0.25, -0.2) is 0 Å². The maximum atomic E-state index is 5.22. The molecule has 0 heteroatoms. The van der Waals surface area contributed by atoms with E-state index in [0.29, 0.717) is 0 Å². The van der Waals surface area contributed by atoms with Crippen molar-refractivity contribution in [3.63, 3.8) is 0 Å². The van der Waals surface area contributed by atoms with Crippen molar-refractivity contribution in [3.8, 4) is 24.7 Å². The van der Waals surface area contributed by atoms with Crippen LogP contribution in [0.2, 0.25) is 0 Å². The minimum absolute atomic E-state index is 0.922. The highest BCUT2D eigenvalue weighted by molar-refractivity contribution is 5.21. The van der Waals surface area contributed by atoms with Crippen LogP contribution in [-0.2, 0) is 0 Å². The van der Waals surface area contributed by atoms with Crippen LogP contribution in [0.5, 0.6) is 0 Å². The minimum Gasteiger partial charge on any atom is -0.115 e. The molecule has 0 bridgehead atoms. The maximum absolute atomic E-state index is 5.22. The van der Waals surface area contributed by atoms with E-state index in [9.17, 15) is 0 Å². The van der Waals surface area contributed by atoms with Crippen molar-refractivity contribution in [3.05, 3.63) is 24.3 Å². The summed E-state index contributed by atoms with van der Waals surface area (Å²) < 4.78 is 0. The average molecular weight is 214 g/mol. The molecule has 0 fully saturated rings. The van der Waals surface area contributed by atoms with Crippen molar-refractivity contribution >= 4 is 0 Å². The van der Waals surface area contributed by atoms with Crippen LogP contribution < -0.4 is 0 Å². The predicted octanol–water partition coefficient (Wildman–Crippen LogP) is 4.49. The molecule has 0 atom stereocenters. The first-order chi connectivity index (χ1) is 7.70. The lowest BCUT2D eigenvalue weighted by molar-refractivity contribution is 0.596. The summed E-state index contributed by atoms with van der Waals surface area (Å²) in [6.07, 6.45) is 19.8. The second kappa shape index (κ2) is 10.1. The smallest absolute Gasteiger partial charge is 0.00542 e. The maximum Gasteiger partial charge on any atom is -0.00542 e. The number of rotatable bonds is 9. The van der Waals surface area contributed by atoms with Crippen LogP contribution in [0.25, 0.3) is 0 Å². The topological polar surface area (TPSA) is 0 Å². The van der Waals surface area contributed by atoms with Gasteiger partial charge in [0.15, 0.2) is 0 Å². The molecule has 0 spiro atoms. The van der Waals surface area contributed by atoms with Crippen LogP contribution in [0, 0.1) is 24.7 Å². The fourth-order valence-corrected chi connectivity index (χ4v) is 1.53. The summed E-state index contributed by atoms with van der Waals surface area (Å²) in [7, 11) is 0. The van der Waals surface area contributed by atoms with Crippen molar-refractivity contribution in [1.82, 2.24) is 0 Å². The van der Waals surface area contributed by atoms with Gasteiger partial charge in [-0.3, -0.25) is 0 Å². The molecule has 0 saturated heterocycles. The zero-order chi connectivity index (χ0) is 12.2. The normalized spacial score (nSPS) is 9.12. The highest BCUT2D eigenvalue weighted by Crippen LogP contribution is 2.12. The highest BCUT2D eigenvalue weighted by atomic mass is 14.0. The summed E-state index contributed by atoms with van der Waals surface area (Å²) in [4.78, 5) is 0. The molecular formula is C16H22. The first-order valence-corrected chi connectivity index (χ1v) is 5.99. The van der Waals surface area contributed by atoms with Crippen LogP contribution in [-0.4, -0.2) is 0 Å². The summed E-state index contributed by atoms with van der Waals surface area (Å²) in [5.74, 6) is 5.14. The molecule has 0 saturated carbocycles. The fraction of sp³-hybridized carbons (Fsp3) is 0.500. The molecule has 0 heterocycles. The van der Waals surface area contributed by atoms with E-state index < -0.39 is 0 Å². The second-order valence-corrected chi connectivity index (χ2v) is 4.12. The van der Waals surface area contributed by atoms with Crippen molar-refractivity contribution in [2.24, 2.45) is 0 Å². The molecule has 0 aromatic carbocycles. The Hall–Kier alpha value is -1.40. The van der Waals surface area contributed by atoms with E-state index in [-0.39, 0.29) is 0 Å². The van der Waals surface area contributed by atoms with Crippen molar-refractivity contribution in [1.29, 1.82) is 0 Å². The van der Waals surface area contributed by atoms with Gasteiger partial charge in [0.1, 0.15) is 0 Å². The molecule has 0 aromatic rings. The van der Waals surface area contributed by atoms with Crippen LogP contribution >= 0.6 is 0 Å². The van der Waals surface area contributed by atoms with Gasteiger partial charge in [-0.1, -0.05) is 50.7 Å². The molecule has 0 nitrogen and oxygen atoms in total. The van der Waals surface area contributed by atoms with Gasteiger partial charge < -0.3 is 0 Å². The summed E-state index contributed by atoms with van der Waals surface area (Å²) in [6, 6.07) is 0. The SMILES string of the molecule is C#CC(=C)CCCCCCCCC(=C)C#C. The predicted molar refractivity (Wildman–Crippen MR) is 72.9 cm³/mol. The van der Waals surface area contributed by atoms with E-state index in [0.717, 1.165) is 24.0 Å². The monoisotopic (exact) mass is 214 g/mol. The van der Waals surface area contributed by atoms with Crippen LogP contribution in [0.1, 0.15) is 51.4 Å². The zero-order valence-electron chi connectivity index (χ0n) is 10.2. The Morgan fingerprint density at radius 3 is 1.31 bits per heavy atom. The molecular weight excluding hydrogens is 192 g/mol. The lowest BCUT2D eigenvalue weighted by Gasteiger charge is -2.01. The molecule has 0 amide bonds. The van der Waals surface area contributed by atoms with Crippen LogP contribution in [0.4, 0.5) is 0 Å². The number of allylic oxidation sites excluding steroid dienone is 2. The number of unbranched alkanes of at least 4 members (excludes halogenated alkanes) is 5. The van der Waals surface area contributed by atoms with E-state index >= 15 is 0 Å². The van der Waals surface area contributed by atoms with E-state index in [2.05, 4.69) is 25.0 Å². The molecule has 0 unspecified atom stereocenters. The van der Waals surface area contributed by atoms with Crippen molar-refractivity contribution in [2.45, 2.75) is 51.4 Å². The van der Waals surface area contributed by atoms with E-state index in [4.69, 9.17) is 12.8 Å². The third kappa shape index (κ3) is 9.17. The van der Waals surface area contributed by atoms with Gasteiger partial charge in [0.2, 0.25) is 0 Å². The van der Waals surface area contributed by atoms with Gasteiger partial charge in [0.05, 0.1) is 0 Å². The number of terminal acetylenes is 2. The van der Waals surface area contributed by atoms with Crippen molar-refractivity contribution < 1.29 is 0 Å². The quantitative estimate of drug-likeness (QED) is 0.392. The average Bonchev–Trinajstić information content (AvgIpc) is 2.31. The summed E-state index contributed by atoms with van der Waals surface area (Å²) in [5, 5.41) is 0. The molecule has 0 aliphatic carbocycles. The van der Waals surface area contributed by atoms with Gasteiger partial charge in [-0.15, -0.1) is 12.8 Å². The molecule has 16 heavy (non-hydrogen) atoms. The zero-order valence-corrected chi connectivity index (χ0v) is 10.2. The molecule has 0 radical (unpaired) electrons. The van der Waals surface area contributed by atoms with Gasteiger partial charge in [-0.05, 0) is 36.8 Å². The minimum atomic E-state index is 0.922. The first-order valence-electron chi connectivity index (χ1n) is 5.99. The van der Waals surface area contributed by atoms with Gasteiger partial charge in [0, 0.05) is 0 Å². The van der Waals surface area contributed by atoms with E-state index in [1.54, 1.807) is 0 Å². The molecule has 0 aliphatic heterocycles. The standard InChI is InChI=1S/C16H22/c1-5-15(3)13-11-9-7-8-10-12-14-16(4)6-2/h1-2H,3-4,7-14H2. The Morgan fingerprint density at radius 1 is 0.688 bits per heavy atom. The molecule has 0 aliphatic rings. The number of hydrogen-bond acceptors (Lipinski definition) is 0. The lowest BCUT2D eigenvalue weighted by Crippen LogP contribution is -1.83. The highest BCUT2D eigenvalue weighted by Gasteiger charge is 1.94. The molecule has 0 N–H and O–H groups in total. The van der Waals surface area contributed by atoms with Gasteiger partial charge in [-0.2, -0.15) is 0 Å². The van der Waals surface area contributed by atoms with E-state index in [1.807, 2.05) is 0 Å². The summed E-state index contributed by atoms with van der Waals surface area (Å²) >= 11 is 0. The Labute approximate surface area is 101 Å². The summed E-state index contributed by atoms with van der Waals surface area (Å²) in [6.45, 7) is 7.57. The third-order valence-electron chi connectivity index (χ3n) is 2.62. The Balaban J connectivity index is 3.17. The molecule has 0 rings (SSSR count). The fourth-order valence-electron chi connectivity index (χ4n) is 1.53. The van der Waals surface area contributed by atoms with Gasteiger partial charge in [0.25, 0.3) is 0 Å². The van der Waals surface area contributed by atoms with Crippen molar-refractivity contribution in [2.75, 3.05) is 0 Å². The molecule has 86 valence electrons. The second-order valence-electron chi connectivity index (χ2n) is 4.12. The van der Waals surface area contributed by atoms with E-state index in [1.165, 1.54) is 38.5 Å². The Morgan fingerprint density at radius 2 is 1.00 bits per heavy atom. The van der Waals surface area contributed by atoms with Crippen LogP contribution in [0.15, 0.2) is 24.3 Å². The lowest BCUT2D eigenvalue weighted by atomic mass is 10.0. The largest absolute Gasteiger partial charge is 0.115 e. The third-order valence-corrected chi connectivity index (χ3v) is 2.62.